The molecule has 1 aromatic heterocycles. The van der Waals surface area contributed by atoms with Gasteiger partial charge < -0.3 is 4.42 Å². The summed E-state index contributed by atoms with van der Waals surface area (Å²) < 4.78 is 5.60. The van der Waals surface area contributed by atoms with E-state index < -0.39 is 4.92 Å². The number of carbonyl (C=O) groups excluding carboxylic acids is 1. The molecule has 7 nitrogen and oxygen atoms in total. The highest BCUT2D eigenvalue weighted by molar-refractivity contribution is 5.94. The predicted molar refractivity (Wildman–Crippen MR) is 97.0 cm³/mol. The lowest BCUT2D eigenvalue weighted by Crippen LogP contribution is -2.17. The molecule has 0 saturated heterocycles. The Kier molecular flexibility index (Phi) is 4.89. The Morgan fingerprint density at radius 1 is 1.08 bits per heavy atom. The summed E-state index contributed by atoms with van der Waals surface area (Å²) in [5.41, 5.74) is 4.74. The standard InChI is InChI=1S/C19H15N3O4/c1-13-2-4-15(5-3-13)19(23)21-20-12-17-10-11-18(26-17)14-6-8-16(9-7-14)22(24)25/h2-12H,1H3,(H,21,23)/b20-12+. The normalized spacial score (nSPS) is 10.8. The Labute approximate surface area is 149 Å². The second-order valence-electron chi connectivity index (χ2n) is 5.57. The van der Waals surface area contributed by atoms with Crippen molar-refractivity contribution < 1.29 is 14.1 Å². The molecule has 0 atom stereocenters. The average molecular weight is 349 g/mol. The van der Waals surface area contributed by atoms with Crippen LogP contribution in [0.2, 0.25) is 0 Å². The molecule has 0 fully saturated rings. The Morgan fingerprint density at radius 2 is 1.77 bits per heavy atom. The summed E-state index contributed by atoms with van der Waals surface area (Å²) in [4.78, 5) is 22.2. The van der Waals surface area contributed by atoms with Crippen molar-refractivity contribution in [3.63, 3.8) is 0 Å². The zero-order valence-electron chi connectivity index (χ0n) is 13.9. The van der Waals surface area contributed by atoms with Crippen molar-refractivity contribution >= 4 is 17.8 Å². The summed E-state index contributed by atoms with van der Waals surface area (Å²) in [5.74, 6) is 0.678. The number of hydrogen-bond donors (Lipinski definition) is 1. The molecule has 0 aliphatic carbocycles. The molecule has 1 heterocycles. The van der Waals surface area contributed by atoms with Crippen LogP contribution in [0.1, 0.15) is 21.7 Å². The lowest BCUT2D eigenvalue weighted by molar-refractivity contribution is -0.384. The second-order valence-corrected chi connectivity index (χ2v) is 5.57. The van der Waals surface area contributed by atoms with Crippen LogP contribution in [0.25, 0.3) is 11.3 Å². The summed E-state index contributed by atoms with van der Waals surface area (Å²) >= 11 is 0. The number of aryl methyl sites for hydroxylation is 1. The number of non-ortho nitro benzene ring substituents is 1. The van der Waals surface area contributed by atoms with Crippen LogP contribution in [-0.4, -0.2) is 17.0 Å². The topological polar surface area (TPSA) is 97.7 Å². The zero-order chi connectivity index (χ0) is 18.5. The third-order valence-corrected chi connectivity index (χ3v) is 3.66. The third-order valence-electron chi connectivity index (χ3n) is 3.66. The number of carbonyl (C=O) groups is 1. The Bertz CT molecular complexity index is 957. The van der Waals surface area contributed by atoms with E-state index in [1.54, 1.807) is 36.4 Å². The first kappa shape index (κ1) is 17.1. The number of furan rings is 1. The van der Waals surface area contributed by atoms with Gasteiger partial charge in [0.25, 0.3) is 11.6 Å². The number of benzene rings is 2. The summed E-state index contributed by atoms with van der Waals surface area (Å²) in [6.07, 6.45) is 1.39. The van der Waals surface area contributed by atoms with Gasteiger partial charge in [-0.2, -0.15) is 5.10 Å². The fourth-order valence-corrected chi connectivity index (χ4v) is 2.25. The minimum Gasteiger partial charge on any atom is -0.455 e. The number of rotatable bonds is 5. The Morgan fingerprint density at radius 3 is 2.42 bits per heavy atom. The van der Waals surface area contributed by atoms with Crippen molar-refractivity contribution in [2.24, 2.45) is 5.10 Å². The van der Waals surface area contributed by atoms with Crippen LogP contribution >= 0.6 is 0 Å². The van der Waals surface area contributed by atoms with Crippen molar-refractivity contribution in [2.75, 3.05) is 0 Å². The molecule has 130 valence electrons. The fourth-order valence-electron chi connectivity index (χ4n) is 2.25. The Hall–Kier alpha value is -3.74. The minimum atomic E-state index is -0.458. The third kappa shape index (κ3) is 4.02. The quantitative estimate of drug-likeness (QED) is 0.429. The van der Waals surface area contributed by atoms with Crippen LogP contribution < -0.4 is 5.43 Å². The number of hydrogen-bond acceptors (Lipinski definition) is 5. The maximum absolute atomic E-state index is 11.9. The molecule has 0 bridgehead atoms. The molecule has 26 heavy (non-hydrogen) atoms. The van der Waals surface area contributed by atoms with E-state index in [-0.39, 0.29) is 11.6 Å². The van der Waals surface area contributed by atoms with Crippen LogP contribution in [0.3, 0.4) is 0 Å². The minimum absolute atomic E-state index is 0.0147. The first-order valence-electron chi connectivity index (χ1n) is 7.78. The largest absolute Gasteiger partial charge is 0.455 e. The van der Waals surface area contributed by atoms with Gasteiger partial charge in [-0.3, -0.25) is 14.9 Å². The molecule has 0 radical (unpaired) electrons. The lowest BCUT2D eigenvalue weighted by Gasteiger charge is -1.99. The monoisotopic (exact) mass is 349 g/mol. The molecule has 1 amide bonds. The first-order valence-corrected chi connectivity index (χ1v) is 7.78. The molecule has 3 rings (SSSR count). The van der Waals surface area contributed by atoms with Gasteiger partial charge in [-0.1, -0.05) is 17.7 Å². The smallest absolute Gasteiger partial charge is 0.271 e. The van der Waals surface area contributed by atoms with Gasteiger partial charge in [0.15, 0.2) is 0 Å². The van der Waals surface area contributed by atoms with Gasteiger partial charge in [-0.25, -0.2) is 5.43 Å². The van der Waals surface area contributed by atoms with Gasteiger partial charge in [0, 0.05) is 23.3 Å². The van der Waals surface area contributed by atoms with E-state index in [0.717, 1.165) is 5.56 Å². The van der Waals surface area contributed by atoms with Gasteiger partial charge >= 0.3 is 0 Å². The van der Waals surface area contributed by atoms with Crippen molar-refractivity contribution in [1.82, 2.24) is 5.43 Å². The number of nitro benzene ring substituents is 1. The van der Waals surface area contributed by atoms with Crippen molar-refractivity contribution in [2.45, 2.75) is 6.92 Å². The van der Waals surface area contributed by atoms with Crippen LogP contribution in [0.5, 0.6) is 0 Å². The van der Waals surface area contributed by atoms with Crippen LogP contribution in [0.15, 0.2) is 70.2 Å². The fraction of sp³-hybridized carbons (Fsp3) is 0.0526. The molecular weight excluding hydrogens is 334 g/mol. The van der Waals surface area contributed by atoms with E-state index in [1.807, 2.05) is 19.1 Å². The van der Waals surface area contributed by atoms with E-state index >= 15 is 0 Å². The zero-order valence-corrected chi connectivity index (χ0v) is 13.9. The molecule has 1 N–H and O–H groups in total. The van der Waals surface area contributed by atoms with Gasteiger partial charge in [0.1, 0.15) is 11.5 Å². The van der Waals surface area contributed by atoms with Gasteiger partial charge in [-0.05, 0) is 43.3 Å². The maximum atomic E-state index is 11.9. The van der Waals surface area contributed by atoms with Crippen LogP contribution in [0.4, 0.5) is 5.69 Å². The summed E-state index contributed by atoms with van der Waals surface area (Å²) in [7, 11) is 0. The molecule has 3 aromatic rings. The van der Waals surface area contributed by atoms with Gasteiger partial charge in [0.2, 0.25) is 0 Å². The van der Waals surface area contributed by atoms with Crippen LogP contribution in [0, 0.1) is 17.0 Å². The van der Waals surface area contributed by atoms with E-state index in [9.17, 15) is 14.9 Å². The second kappa shape index (κ2) is 7.43. The summed E-state index contributed by atoms with van der Waals surface area (Å²) in [6, 6.07) is 16.6. The molecule has 0 spiro atoms. The highest BCUT2D eigenvalue weighted by Crippen LogP contribution is 2.23. The van der Waals surface area contributed by atoms with Gasteiger partial charge in [0.05, 0.1) is 11.1 Å². The van der Waals surface area contributed by atoms with E-state index in [2.05, 4.69) is 10.5 Å². The molecular formula is C19H15N3O4. The summed E-state index contributed by atoms with van der Waals surface area (Å²) in [5, 5.41) is 14.6. The van der Waals surface area contributed by atoms with E-state index in [0.29, 0.717) is 22.6 Å². The summed E-state index contributed by atoms with van der Waals surface area (Å²) in [6.45, 7) is 1.94. The van der Waals surface area contributed by atoms with Crippen molar-refractivity contribution in [3.05, 3.63) is 87.7 Å². The maximum Gasteiger partial charge on any atom is 0.271 e. The molecule has 0 unspecified atom stereocenters. The number of hydrazone groups is 1. The first-order chi connectivity index (χ1) is 12.5. The van der Waals surface area contributed by atoms with Gasteiger partial charge in [-0.15, -0.1) is 0 Å². The molecule has 2 aromatic carbocycles. The van der Waals surface area contributed by atoms with Crippen molar-refractivity contribution in [3.8, 4) is 11.3 Å². The highest BCUT2D eigenvalue weighted by Gasteiger charge is 2.08. The number of amides is 1. The molecule has 0 saturated carbocycles. The van der Waals surface area contributed by atoms with Crippen LogP contribution in [-0.2, 0) is 0 Å². The number of nitrogens with one attached hydrogen (secondary N) is 1. The average Bonchev–Trinajstić information content (AvgIpc) is 3.11. The van der Waals surface area contributed by atoms with Crippen molar-refractivity contribution in [1.29, 1.82) is 0 Å². The highest BCUT2D eigenvalue weighted by atomic mass is 16.6. The molecule has 7 heteroatoms. The SMILES string of the molecule is Cc1ccc(C(=O)N/N=C/c2ccc(-c3ccc([N+](=O)[O-])cc3)o2)cc1. The van der Waals surface area contributed by atoms with E-state index in [1.165, 1.54) is 18.3 Å². The Balaban J connectivity index is 1.64. The molecule has 0 aliphatic heterocycles. The predicted octanol–water partition coefficient (Wildman–Crippen LogP) is 3.93. The number of nitro groups is 1. The lowest BCUT2D eigenvalue weighted by atomic mass is 10.1. The number of nitrogens with zero attached hydrogens (tertiary/aromatic N) is 2. The molecule has 0 aliphatic rings. The van der Waals surface area contributed by atoms with E-state index in [4.69, 9.17) is 4.42 Å².